The van der Waals surface area contributed by atoms with Crippen LogP contribution in [0.4, 0.5) is 30.2 Å². The molecular formula is C70H80F3N3O21S3. The first-order chi connectivity index (χ1) is 47.0. The van der Waals surface area contributed by atoms with Gasteiger partial charge in [0, 0.05) is 35.8 Å². The maximum absolute atomic E-state index is 13.1. The number of benzene rings is 6. The fourth-order valence-electron chi connectivity index (χ4n) is 11.4. The van der Waals surface area contributed by atoms with E-state index in [1.165, 1.54) is 54.2 Å². The van der Waals surface area contributed by atoms with Crippen LogP contribution in [0.1, 0.15) is 124 Å². The summed E-state index contributed by atoms with van der Waals surface area (Å²) in [4.78, 5) is 80.2. The van der Waals surface area contributed by atoms with E-state index >= 15 is 0 Å². The van der Waals surface area contributed by atoms with Gasteiger partial charge < -0.3 is 57.3 Å². The van der Waals surface area contributed by atoms with Crippen molar-refractivity contribution in [1.82, 2.24) is 0 Å². The average Bonchev–Trinajstić information content (AvgIpc) is 1.61. The number of halogens is 3. The number of fused-ring (bicyclic) bond motifs is 3. The highest BCUT2D eigenvalue weighted by atomic mass is 32.2. The van der Waals surface area contributed by atoms with Gasteiger partial charge in [-0.15, -0.1) is 0 Å². The zero-order valence-corrected chi connectivity index (χ0v) is 59.7. The maximum Gasteiger partial charge on any atom is 0.422 e. The molecule has 30 heteroatoms. The summed E-state index contributed by atoms with van der Waals surface area (Å²) in [6, 6.07) is 26.1. The lowest BCUT2D eigenvalue weighted by atomic mass is 10.0. The first kappa shape index (κ1) is 77.9. The van der Waals surface area contributed by atoms with Gasteiger partial charge in [-0.25, -0.2) is 39.6 Å². The Bertz CT molecular complexity index is 4390. The van der Waals surface area contributed by atoms with Gasteiger partial charge in [0.05, 0.1) is 125 Å². The second-order valence-corrected chi connectivity index (χ2v) is 30.1. The summed E-state index contributed by atoms with van der Waals surface area (Å²) in [5, 5.41) is 0. The molecule has 0 N–H and O–H groups in total. The van der Waals surface area contributed by atoms with Crippen LogP contribution in [0.15, 0.2) is 109 Å². The average molecular weight is 1450 g/mol. The molecule has 0 spiro atoms. The van der Waals surface area contributed by atoms with E-state index in [-0.39, 0.29) is 66.5 Å². The van der Waals surface area contributed by atoms with E-state index < -0.39 is 90.0 Å². The monoisotopic (exact) mass is 1450 g/mol. The number of anilines is 3. The van der Waals surface area contributed by atoms with Crippen molar-refractivity contribution in [1.29, 1.82) is 0 Å². The van der Waals surface area contributed by atoms with E-state index in [9.17, 15) is 67.2 Å². The molecule has 3 amide bonds. The lowest BCUT2D eigenvalue weighted by Gasteiger charge is -2.29. The third-order valence-corrected chi connectivity index (χ3v) is 18.3. The minimum atomic E-state index is -4.69. The van der Waals surface area contributed by atoms with Crippen molar-refractivity contribution in [2.24, 2.45) is 0 Å². The Morgan fingerprint density at radius 1 is 0.430 bits per heavy atom. The number of carbonyl (C=O) groups excluding carboxylic acids is 6. The quantitative estimate of drug-likeness (QED) is 0.0342. The van der Waals surface area contributed by atoms with E-state index in [0.717, 1.165) is 29.9 Å². The normalized spacial score (nSPS) is 14.3. The number of esters is 3. The van der Waals surface area contributed by atoms with Crippen molar-refractivity contribution in [3.05, 3.63) is 159 Å². The van der Waals surface area contributed by atoms with E-state index in [2.05, 4.69) is 4.74 Å². The standard InChI is InChI=1S/C24H29NO7S.C23H24F3NO7S.C23H27NO7S/c1-6-31-22-12-16(9-10-21(22)30-4)20(14-33(5,28)29)25-19-11-18(24(27)32-15(2)3)8-7-17(19)13-23(25)26;1-4-33-20-10-14(7-8-19(20)32-2)18(12-35(3,30)31)27-17-9-16(6-5-15(17)11-21(27)28)22(29)34-13-23(24,25)26;1-5-30-21-12-15(9-10-20(21)29-3)19(14-32(4,27)28)24-18-11-17(23(26)31-6-2)8-7-16(18)13-22(24)25/h7-12,15,20H,6,13-14H2,1-5H3;5-10,18H,4,11-13H2,1-3H3;7-12,19H,5-6,13-14H2,1-4H3. The number of alkyl halides is 3. The topological polar surface area (TPSA) is 298 Å². The highest BCUT2D eigenvalue weighted by Gasteiger charge is 2.41. The van der Waals surface area contributed by atoms with Gasteiger partial charge in [-0.1, -0.05) is 36.4 Å². The van der Waals surface area contributed by atoms with Gasteiger partial charge in [-0.05, 0) is 148 Å². The van der Waals surface area contributed by atoms with Crippen LogP contribution in [0.5, 0.6) is 34.5 Å². The van der Waals surface area contributed by atoms with Gasteiger partial charge in [0.2, 0.25) is 17.7 Å². The lowest BCUT2D eigenvalue weighted by Crippen LogP contribution is -2.36. The van der Waals surface area contributed by atoms with Crippen LogP contribution in [-0.4, -0.2) is 164 Å². The molecule has 0 aromatic heterocycles. The molecule has 540 valence electrons. The molecule has 3 atom stereocenters. The summed E-state index contributed by atoms with van der Waals surface area (Å²) in [6.07, 6.45) is -1.54. The molecule has 3 aliphatic rings. The molecule has 6 aromatic carbocycles. The molecule has 3 unspecified atom stereocenters. The zero-order chi connectivity index (χ0) is 73.8. The van der Waals surface area contributed by atoms with Gasteiger partial charge in [0.1, 0.15) is 29.5 Å². The number of rotatable bonds is 27. The largest absolute Gasteiger partial charge is 0.493 e. The predicted molar refractivity (Wildman–Crippen MR) is 366 cm³/mol. The smallest absolute Gasteiger partial charge is 0.422 e. The number of hydrogen-bond acceptors (Lipinski definition) is 21. The highest BCUT2D eigenvalue weighted by molar-refractivity contribution is 7.91. The lowest BCUT2D eigenvalue weighted by molar-refractivity contribution is -0.161. The van der Waals surface area contributed by atoms with Crippen LogP contribution in [0, 0.1) is 0 Å². The Morgan fingerprint density at radius 3 is 0.990 bits per heavy atom. The minimum absolute atomic E-state index is 0.0675. The fraction of sp³-hybridized carbons (Fsp3) is 0.400. The molecule has 0 saturated carbocycles. The number of nitrogens with zero attached hydrogens (tertiary/aromatic N) is 3. The van der Waals surface area contributed by atoms with Crippen molar-refractivity contribution < 1.29 is 110 Å². The molecule has 0 fully saturated rings. The van der Waals surface area contributed by atoms with Crippen molar-refractivity contribution in [3.8, 4) is 34.5 Å². The number of sulfone groups is 3. The highest BCUT2D eigenvalue weighted by Crippen LogP contribution is 2.44. The number of carbonyl (C=O) groups is 6. The summed E-state index contributed by atoms with van der Waals surface area (Å²) in [5.41, 5.74) is 5.17. The second kappa shape index (κ2) is 33.2. The Labute approximate surface area is 579 Å². The molecule has 100 heavy (non-hydrogen) atoms. The van der Waals surface area contributed by atoms with E-state index in [1.807, 2.05) is 13.8 Å². The van der Waals surface area contributed by atoms with Gasteiger partial charge in [-0.2, -0.15) is 13.2 Å². The van der Waals surface area contributed by atoms with E-state index in [0.29, 0.717) is 99.1 Å². The minimum Gasteiger partial charge on any atom is -0.493 e. The number of methoxy groups -OCH3 is 3. The van der Waals surface area contributed by atoms with Crippen molar-refractivity contribution in [2.75, 3.05) is 105 Å². The SMILES string of the molecule is CCOC(=O)c1ccc2c(c1)N(C(CS(C)(=O)=O)c1ccc(OC)c(OCC)c1)C(=O)C2.CCOc1cc(C(CS(C)(=O)=O)N2C(=O)Cc3ccc(C(=O)OC(C)C)cc32)ccc1OC.CCOc1cc(C(CS(C)(=O)=O)N2C(=O)Cc3ccc(C(=O)OCC(F)(F)F)cc32)ccc1OC. The third-order valence-electron chi connectivity index (χ3n) is 15.5. The summed E-state index contributed by atoms with van der Waals surface area (Å²) in [7, 11) is -6.07. The molecule has 24 nitrogen and oxygen atoms in total. The Kier molecular flexibility index (Phi) is 25.8. The van der Waals surface area contributed by atoms with Crippen LogP contribution in [0.3, 0.4) is 0 Å². The Morgan fingerprint density at radius 2 is 0.730 bits per heavy atom. The molecule has 0 aliphatic carbocycles. The van der Waals surface area contributed by atoms with Crippen molar-refractivity contribution in [2.45, 2.75) is 91.2 Å². The summed E-state index contributed by atoms with van der Waals surface area (Å²) >= 11 is 0. The van der Waals surface area contributed by atoms with Crippen LogP contribution in [-0.2, 0) is 77.4 Å². The number of amides is 3. The van der Waals surface area contributed by atoms with Crippen LogP contribution < -0.4 is 43.1 Å². The van der Waals surface area contributed by atoms with Crippen molar-refractivity contribution >= 4 is 82.2 Å². The first-order valence-corrected chi connectivity index (χ1v) is 37.6. The maximum atomic E-state index is 13.1. The molecule has 0 radical (unpaired) electrons. The number of ether oxygens (including phenoxy) is 9. The summed E-state index contributed by atoms with van der Waals surface area (Å²) in [5.74, 6) is -1.49. The molecule has 6 aromatic rings. The summed E-state index contributed by atoms with van der Waals surface area (Å²) < 4.78 is 159. The third kappa shape index (κ3) is 20.2. The van der Waals surface area contributed by atoms with Gasteiger partial charge in [-0.3, -0.25) is 14.4 Å². The first-order valence-electron chi connectivity index (χ1n) is 31.5. The van der Waals surface area contributed by atoms with Crippen molar-refractivity contribution in [3.63, 3.8) is 0 Å². The Balaban J connectivity index is 0.000000211. The number of hydrogen-bond donors (Lipinski definition) is 0. The van der Waals surface area contributed by atoms with Crippen LogP contribution >= 0.6 is 0 Å². The summed E-state index contributed by atoms with van der Waals surface area (Å²) in [6.45, 7) is 10.2. The molecular weight excluding hydrogens is 1370 g/mol. The van der Waals surface area contributed by atoms with Gasteiger partial charge >= 0.3 is 24.1 Å². The molecule has 0 saturated heterocycles. The zero-order valence-electron chi connectivity index (χ0n) is 57.3. The van der Waals surface area contributed by atoms with E-state index in [1.54, 1.807) is 119 Å². The van der Waals surface area contributed by atoms with E-state index in [4.69, 9.17) is 37.9 Å². The fourth-order valence-corrected chi connectivity index (χ4v) is 14.2. The Hall–Kier alpha value is -9.42. The van der Waals surface area contributed by atoms with Crippen LogP contribution in [0.2, 0.25) is 0 Å². The molecule has 9 rings (SSSR count). The predicted octanol–water partition coefficient (Wildman–Crippen LogP) is 9.77. The van der Waals surface area contributed by atoms with Crippen LogP contribution in [0.25, 0.3) is 0 Å². The van der Waals surface area contributed by atoms with Gasteiger partial charge in [0.25, 0.3) is 0 Å². The second-order valence-electron chi connectivity index (χ2n) is 23.6. The molecule has 0 bridgehead atoms. The molecule has 3 aliphatic heterocycles. The molecule has 3 heterocycles. The van der Waals surface area contributed by atoms with Gasteiger partial charge in [0.15, 0.2) is 41.1 Å².